The van der Waals surface area contributed by atoms with Gasteiger partial charge in [0.05, 0.1) is 0 Å². The van der Waals surface area contributed by atoms with Crippen molar-refractivity contribution >= 4 is 49.0 Å². The summed E-state index contributed by atoms with van der Waals surface area (Å²) in [6.45, 7) is 0.703. The Morgan fingerprint density at radius 3 is 2.71 bits per heavy atom. The van der Waals surface area contributed by atoms with Crippen LogP contribution in [0.3, 0.4) is 0 Å². The molecule has 0 aliphatic carbocycles. The van der Waals surface area contributed by atoms with Crippen LogP contribution >= 0.6 is 27.3 Å². The minimum Gasteiger partial charge on any atom is -0.310 e. The van der Waals surface area contributed by atoms with Gasteiger partial charge in [-0.25, -0.2) is 13.4 Å². The standard InChI is InChI=1S/C15H16BrN3O3S2/c16-12-3-6-17-13(10-12)18-15(20)11-4-7-19(8-5-11)24(21,22)14-2-1-9-23-14/h1-3,6,9-11H,4-5,7-8H2,(H,17,18,20). The molecule has 24 heavy (non-hydrogen) atoms. The molecule has 0 atom stereocenters. The van der Waals surface area contributed by atoms with E-state index in [0.717, 1.165) is 4.47 Å². The Hall–Kier alpha value is -1.29. The monoisotopic (exact) mass is 429 g/mol. The molecule has 1 fully saturated rings. The number of nitrogens with zero attached hydrogens (tertiary/aromatic N) is 2. The molecule has 128 valence electrons. The van der Waals surface area contributed by atoms with Crippen LogP contribution in [0.4, 0.5) is 5.82 Å². The summed E-state index contributed by atoms with van der Waals surface area (Å²) in [4.78, 5) is 16.4. The number of halogens is 1. The molecule has 1 saturated heterocycles. The van der Waals surface area contributed by atoms with Crippen LogP contribution in [-0.4, -0.2) is 36.7 Å². The van der Waals surface area contributed by atoms with Gasteiger partial charge in [-0.2, -0.15) is 4.31 Å². The lowest BCUT2D eigenvalue weighted by molar-refractivity contribution is -0.120. The molecule has 1 N–H and O–H groups in total. The average Bonchev–Trinajstić information content (AvgIpc) is 3.10. The van der Waals surface area contributed by atoms with Crippen molar-refractivity contribution in [1.29, 1.82) is 0 Å². The number of thiophene rings is 1. The predicted molar refractivity (Wildman–Crippen MR) is 96.4 cm³/mol. The maximum absolute atomic E-state index is 12.5. The topological polar surface area (TPSA) is 79.4 Å². The molecule has 1 aliphatic heterocycles. The van der Waals surface area contributed by atoms with Crippen LogP contribution in [0.1, 0.15) is 12.8 Å². The molecule has 0 bridgehead atoms. The zero-order valence-electron chi connectivity index (χ0n) is 12.7. The van der Waals surface area contributed by atoms with Crippen LogP contribution < -0.4 is 5.32 Å². The molecule has 0 unspecified atom stereocenters. The number of carbonyl (C=O) groups excluding carboxylic acids is 1. The number of hydrogen-bond acceptors (Lipinski definition) is 5. The fourth-order valence-corrected chi connectivity index (χ4v) is 5.55. The van der Waals surface area contributed by atoms with Crippen molar-refractivity contribution in [3.8, 4) is 0 Å². The minimum atomic E-state index is -3.43. The highest BCUT2D eigenvalue weighted by Gasteiger charge is 2.32. The zero-order chi connectivity index (χ0) is 17.2. The Bertz CT molecular complexity index is 816. The molecule has 0 aromatic carbocycles. The van der Waals surface area contributed by atoms with Crippen LogP contribution in [0.2, 0.25) is 0 Å². The van der Waals surface area contributed by atoms with E-state index in [-0.39, 0.29) is 11.8 Å². The second kappa shape index (κ2) is 7.30. The van der Waals surface area contributed by atoms with Gasteiger partial charge < -0.3 is 5.32 Å². The van der Waals surface area contributed by atoms with Crippen LogP contribution in [0.15, 0.2) is 44.5 Å². The van der Waals surface area contributed by atoms with E-state index in [0.29, 0.717) is 36.0 Å². The van der Waals surface area contributed by atoms with E-state index in [4.69, 9.17) is 0 Å². The molecule has 3 rings (SSSR count). The van der Waals surface area contributed by atoms with Gasteiger partial charge in [-0.05, 0) is 36.4 Å². The molecule has 2 aromatic rings. The van der Waals surface area contributed by atoms with E-state index >= 15 is 0 Å². The second-order valence-corrected chi connectivity index (χ2v) is 9.49. The largest absolute Gasteiger partial charge is 0.310 e. The lowest BCUT2D eigenvalue weighted by Gasteiger charge is -2.30. The van der Waals surface area contributed by atoms with E-state index in [1.165, 1.54) is 15.6 Å². The molecule has 6 nitrogen and oxygen atoms in total. The van der Waals surface area contributed by atoms with Crippen LogP contribution in [0, 0.1) is 5.92 Å². The van der Waals surface area contributed by atoms with Gasteiger partial charge in [0.1, 0.15) is 10.0 Å². The molecule has 1 amide bonds. The molecule has 2 aromatic heterocycles. The number of hydrogen-bond donors (Lipinski definition) is 1. The highest BCUT2D eigenvalue weighted by Crippen LogP contribution is 2.27. The summed E-state index contributed by atoms with van der Waals surface area (Å²) in [6, 6.07) is 6.85. The average molecular weight is 430 g/mol. The Morgan fingerprint density at radius 1 is 1.33 bits per heavy atom. The first-order chi connectivity index (χ1) is 11.5. The van der Waals surface area contributed by atoms with Crippen molar-refractivity contribution in [2.24, 2.45) is 5.92 Å². The molecule has 0 spiro atoms. The quantitative estimate of drug-likeness (QED) is 0.809. The van der Waals surface area contributed by atoms with Crippen molar-refractivity contribution in [3.05, 3.63) is 40.3 Å². The third-order valence-electron chi connectivity index (χ3n) is 3.89. The molecule has 0 saturated carbocycles. The third kappa shape index (κ3) is 3.85. The lowest BCUT2D eigenvalue weighted by atomic mass is 9.97. The number of anilines is 1. The number of pyridine rings is 1. The van der Waals surface area contributed by atoms with Gasteiger partial charge in [0.2, 0.25) is 5.91 Å². The Balaban J connectivity index is 1.60. The first kappa shape index (κ1) is 17.5. The number of rotatable bonds is 4. The van der Waals surface area contributed by atoms with Crippen molar-refractivity contribution in [1.82, 2.24) is 9.29 Å². The van der Waals surface area contributed by atoms with Crippen LogP contribution in [0.5, 0.6) is 0 Å². The van der Waals surface area contributed by atoms with Crippen LogP contribution in [0.25, 0.3) is 0 Å². The second-order valence-electron chi connectivity index (χ2n) is 5.46. The fraction of sp³-hybridized carbons (Fsp3) is 0.333. The first-order valence-corrected chi connectivity index (χ1v) is 10.5. The molecule has 1 aliphatic rings. The van der Waals surface area contributed by atoms with Gasteiger partial charge in [0, 0.05) is 29.7 Å². The number of carbonyl (C=O) groups is 1. The van der Waals surface area contributed by atoms with Crippen LogP contribution in [-0.2, 0) is 14.8 Å². The maximum atomic E-state index is 12.5. The number of sulfonamides is 1. The van der Waals surface area contributed by atoms with Crippen molar-refractivity contribution < 1.29 is 13.2 Å². The minimum absolute atomic E-state index is 0.117. The SMILES string of the molecule is O=C(Nc1cc(Br)ccn1)C1CCN(S(=O)(=O)c2cccs2)CC1. The van der Waals surface area contributed by atoms with E-state index in [1.54, 1.807) is 35.8 Å². The lowest BCUT2D eigenvalue weighted by Crippen LogP contribution is -2.41. The van der Waals surface area contributed by atoms with Gasteiger partial charge in [0.25, 0.3) is 10.0 Å². The number of aromatic nitrogens is 1. The van der Waals surface area contributed by atoms with Crippen molar-refractivity contribution in [2.75, 3.05) is 18.4 Å². The van der Waals surface area contributed by atoms with E-state index in [1.807, 2.05) is 0 Å². The summed E-state index contributed by atoms with van der Waals surface area (Å²) >= 11 is 4.55. The van der Waals surface area contributed by atoms with E-state index in [9.17, 15) is 13.2 Å². The molecule has 3 heterocycles. The van der Waals surface area contributed by atoms with Gasteiger partial charge in [-0.3, -0.25) is 4.79 Å². The summed E-state index contributed by atoms with van der Waals surface area (Å²) in [5.41, 5.74) is 0. The summed E-state index contributed by atoms with van der Waals surface area (Å²) in [5, 5.41) is 4.54. The predicted octanol–water partition coefficient (Wildman–Crippen LogP) is 2.95. The molecular formula is C15H16BrN3O3S2. The van der Waals surface area contributed by atoms with Gasteiger partial charge in [0.15, 0.2) is 0 Å². The summed E-state index contributed by atoms with van der Waals surface area (Å²) in [7, 11) is -3.43. The smallest absolute Gasteiger partial charge is 0.252 e. The Kier molecular flexibility index (Phi) is 5.33. The molecular weight excluding hydrogens is 414 g/mol. The zero-order valence-corrected chi connectivity index (χ0v) is 15.9. The summed E-state index contributed by atoms with van der Waals surface area (Å²) in [5.74, 6) is 0.164. The van der Waals surface area contributed by atoms with Gasteiger partial charge in [-0.15, -0.1) is 11.3 Å². The maximum Gasteiger partial charge on any atom is 0.252 e. The summed E-state index contributed by atoms with van der Waals surface area (Å²) in [6.07, 6.45) is 2.62. The highest BCUT2D eigenvalue weighted by molar-refractivity contribution is 9.10. The van der Waals surface area contributed by atoms with E-state index < -0.39 is 10.0 Å². The Morgan fingerprint density at radius 2 is 2.08 bits per heavy atom. The molecule has 0 radical (unpaired) electrons. The number of nitrogens with one attached hydrogen (secondary N) is 1. The Labute approximate surface area is 153 Å². The third-order valence-corrected chi connectivity index (χ3v) is 7.65. The summed E-state index contributed by atoms with van der Waals surface area (Å²) < 4.78 is 27.6. The van der Waals surface area contributed by atoms with Gasteiger partial charge >= 0.3 is 0 Å². The first-order valence-electron chi connectivity index (χ1n) is 7.43. The van der Waals surface area contributed by atoms with Crippen molar-refractivity contribution in [2.45, 2.75) is 17.1 Å². The normalized spacial score (nSPS) is 16.9. The fourth-order valence-electron chi connectivity index (χ4n) is 2.60. The number of piperidine rings is 1. The van der Waals surface area contributed by atoms with E-state index in [2.05, 4.69) is 26.2 Å². The highest BCUT2D eigenvalue weighted by atomic mass is 79.9. The van der Waals surface area contributed by atoms with Crippen molar-refractivity contribution in [3.63, 3.8) is 0 Å². The van der Waals surface area contributed by atoms with Gasteiger partial charge in [-0.1, -0.05) is 22.0 Å². The number of amides is 1. The molecule has 9 heteroatoms.